The Morgan fingerprint density at radius 3 is 2.79 bits per heavy atom. The van der Waals surface area contributed by atoms with E-state index in [0.29, 0.717) is 18.9 Å². The molecule has 1 aliphatic heterocycles. The maximum Gasteiger partial charge on any atom is 0.230 e. The second kappa shape index (κ2) is 11.2. The van der Waals surface area contributed by atoms with Crippen LogP contribution in [0.25, 0.3) is 10.2 Å². The molecule has 2 aromatic heterocycles. The fourth-order valence-corrected chi connectivity index (χ4v) is 6.65. The van der Waals surface area contributed by atoms with Crippen LogP contribution in [0, 0.1) is 0 Å². The Balaban J connectivity index is 1.50. The van der Waals surface area contributed by atoms with Gasteiger partial charge in [0.05, 0.1) is 18.0 Å². The minimum Gasteiger partial charge on any atom is -0.369 e. The third-order valence-electron chi connectivity index (χ3n) is 5.88. The summed E-state index contributed by atoms with van der Waals surface area (Å²) in [6.07, 6.45) is 3.73. The SMILES string of the molecule is CCCSc1nc(SCC(=O)NCCc2ccccc2)c2c3c(sc2n1)COC(C)(CC)C3. The molecule has 0 radical (unpaired) electrons. The normalized spacial score (nSPS) is 17.8. The maximum absolute atomic E-state index is 12.6. The van der Waals surface area contributed by atoms with Crippen molar-refractivity contribution in [3.63, 3.8) is 0 Å². The molecule has 0 saturated carbocycles. The fourth-order valence-electron chi connectivity index (χ4n) is 3.79. The Kier molecular flexibility index (Phi) is 8.33. The van der Waals surface area contributed by atoms with Crippen LogP contribution < -0.4 is 5.32 Å². The van der Waals surface area contributed by atoms with Crippen LogP contribution in [-0.4, -0.2) is 39.5 Å². The highest BCUT2D eigenvalue weighted by atomic mass is 32.2. The highest BCUT2D eigenvalue weighted by Gasteiger charge is 2.33. The zero-order valence-corrected chi connectivity index (χ0v) is 21.9. The number of nitrogens with one attached hydrogen (secondary N) is 1. The van der Waals surface area contributed by atoms with Crippen LogP contribution in [-0.2, 0) is 29.0 Å². The zero-order chi connectivity index (χ0) is 23.3. The van der Waals surface area contributed by atoms with E-state index < -0.39 is 0 Å². The van der Waals surface area contributed by atoms with E-state index >= 15 is 0 Å². The average molecular weight is 502 g/mol. The zero-order valence-electron chi connectivity index (χ0n) is 19.5. The van der Waals surface area contributed by atoms with Gasteiger partial charge in [0.15, 0.2) is 5.16 Å². The van der Waals surface area contributed by atoms with Crippen LogP contribution in [0.1, 0.15) is 49.6 Å². The first-order valence-electron chi connectivity index (χ1n) is 11.5. The Morgan fingerprint density at radius 2 is 2.03 bits per heavy atom. The molecular formula is C25H31N3O2S3. The van der Waals surface area contributed by atoms with Crippen molar-refractivity contribution in [2.24, 2.45) is 0 Å². The number of carbonyl (C=O) groups is 1. The van der Waals surface area contributed by atoms with Gasteiger partial charge in [0.2, 0.25) is 5.91 Å². The summed E-state index contributed by atoms with van der Waals surface area (Å²) in [5.41, 5.74) is 2.38. The molecule has 0 aliphatic carbocycles. The molecule has 0 fully saturated rings. The first kappa shape index (κ1) is 24.5. The van der Waals surface area contributed by atoms with Crippen LogP contribution >= 0.6 is 34.9 Å². The molecule has 3 heterocycles. The molecule has 33 heavy (non-hydrogen) atoms. The standard InChI is InChI=1S/C25H31N3O2S3/c1-4-13-31-24-27-22(32-16-20(29)26-12-11-17-9-7-6-8-10-17)21-18-14-25(3,5-2)30-15-19(18)33-23(21)28-24/h6-10H,4-5,11-16H2,1-3H3,(H,26,29). The maximum atomic E-state index is 12.6. The number of hydrogen-bond donors (Lipinski definition) is 1. The van der Waals surface area contributed by atoms with Gasteiger partial charge < -0.3 is 10.1 Å². The molecule has 4 rings (SSSR count). The number of hydrogen-bond acceptors (Lipinski definition) is 7. The first-order chi connectivity index (χ1) is 16.0. The monoisotopic (exact) mass is 501 g/mol. The lowest BCUT2D eigenvalue weighted by Crippen LogP contribution is -2.33. The third-order valence-corrected chi connectivity index (χ3v) is 9.01. The summed E-state index contributed by atoms with van der Waals surface area (Å²) < 4.78 is 6.17. The lowest BCUT2D eigenvalue weighted by atomic mass is 9.90. The minimum absolute atomic E-state index is 0.0382. The number of fused-ring (bicyclic) bond motifs is 3. The molecule has 176 valence electrons. The highest BCUT2D eigenvalue weighted by Crippen LogP contribution is 2.43. The summed E-state index contributed by atoms with van der Waals surface area (Å²) in [5, 5.41) is 5.90. The van der Waals surface area contributed by atoms with Crippen LogP contribution in [0.3, 0.4) is 0 Å². The van der Waals surface area contributed by atoms with Crippen molar-refractivity contribution in [3.05, 3.63) is 46.3 Å². The van der Waals surface area contributed by atoms with Crippen molar-refractivity contribution in [1.82, 2.24) is 15.3 Å². The van der Waals surface area contributed by atoms with E-state index in [0.717, 1.165) is 51.8 Å². The van der Waals surface area contributed by atoms with Gasteiger partial charge in [-0.25, -0.2) is 9.97 Å². The molecular weight excluding hydrogens is 470 g/mol. The number of aromatic nitrogens is 2. The van der Waals surface area contributed by atoms with E-state index in [-0.39, 0.29) is 11.5 Å². The largest absolute Gasteiger partial charge is 0.369 e. The van der Waals surface area contributed by atoms with E-state index in [1.54, 1.807) is 23.1 Å². The van der Waals surface area contributed by atoms with E-state index in [2.05, 4.69) is 38.2 Å². The Hall–Kier alpha value is -1.61. The summed E-state index contributed by atoms with van der Waals surface area (Å²) in [7, 11) is 0. The van der Waals surface area contributed by atoms with Gasteiger partial charge >= 0.3 is 0 Å². The molecule has 0 saturated heterocycles. The van der Waals surface area contributed by atoms with Gasteiger partial charge in [0.1, 0.15) is 9.86 Å². The fraction of sp³-hybridized carbons (Fsp3) is 0.480. The number of thioether (sulfide) groups is 2. The molecule has 1 aromatic carbocycles. The van der Waals surface area contributed by atoms with Crippen LogP contribution in [0.4, 0.5) is 0 Å². The van der Waals surface area contributed by atoms with Gasteiger partial charge in [-0.05, 0) is 37.3 Å². The van der Waals surface area contributed by atoms with E-state index in [9.17, 15) is 4.79 Å². The van der Waals surface area contributed by atoms with Crippen LogP contribution in [0.2, 0.25) is 0 Å². The Labute approximate surface area is 208 Å². The molecule has 0 spiro atoms. The van der Waals surface area contributed by atoms with Crippen molar-refractivity contribution < 1.29 is 9.53 Å². The van der Waals surface area contributed by atoms with Gasteiger partial charge in [0, 0.05) is 29.0 Å². The second-order valence-electron chi connectivity index (χ2n) is 8.49. The molecule has 1 unspecified atom stereocenters. The number of thiophene rings is 1. The lowest BCUT2D eigenvalue weighted by molar-refractivity contribution is -0.118. The van der Waals surface area contributed by atoms with Gasteiger partial charge in [-0.2, -0.15) is 0 Å². The molecule has 0 bridgehead atoms. The van der Waals surface area contributed by atoms with Crippen molar-refractivity contribution in [3.8, 4) is 0 Å². The molecule has 5 nitrogen and oxygen atoms in total. The van der Waals surface area contributed by atoms with Gasteiger partial charge in [-0.3, -0.25) is 4.79 Å². The van der Waals surface area contributed by atoms with Crippen molar-refractivity contribution >= 4 is 51.0 Å². The molecule has 8 heteroatoms. The van der Waals surface area contributed by atoms with Crippen LogP contribution in [0.5, 0.6) is 0 Å². The molecule has 1 atom stereocenters. The van der Waals surface area contributed by atoms with E-state index in [1.165, 1.54) is 27.8 Å². The number of amides is 1. The second-order valence-corrected chi connectivity index (χ2v) is 11.6. The Morgan fingerprint density at radius 1 is 1.21 bits per heavy atom. The number of carbonyl (C=O) groups excluding carboxylic acids is 1. The predicted octanol–water partition coefficient (Wildman–Crippen LogP) is 5.89. The van der Waals surface area contributed by atoms with Crippen molar-refractivity contribution in [1.29, 1.82) is 0 Å². The first-order valence-corrected chi connectivity index (χ1v) is 14.3. The highest BCUT2D eigenvalue weighted by molar-refractivity contribution is 8.00. The summed E-state index contributed by atoms with van der Waals surface area (Å²) in [6, 6.07) is 10.2. The molecule has 1 N–H and O–H groups in total. The number of rotatable bonds is 10. The summed E-state index contributed by atoms with van der Waals surface area (Å²) in [6.45, 7) is 7.78. The topological polar surface area (TPSA) is 64.1 Å². The third kappa shape index (κ3) is 6.10. The summed E-state index contributed by atoms with van der Waals surface area (Å²) in [5.74, 6) is 1.37. The number of ether oxygens (including phenoxy) is 1. The molecule has 1 aliphatic rings. The minimum atomic E-state index is -0.159. The summed E-state index contributed by atoms with van der Waals surface area (Å²) in [4.78, 5) is 24.6. The summed E-state index contributed by atoms with van der Waals surface area (Å²) >= 11 is 4.93. The smallest absolute Gasteiger partial charge is 0.230 e. The quantitative estimate of drug-likeness (QED) is 0.212. The van der Waals surface area contributed by atoms with Gasteiger partial charge in [-0.1, -0.05) is 67.7 Å². The average Bonchev–Trinajstić information content (AvgIpc) is 3.19. The molecule has 3 aromatic rings. The van der Waals surface area contributed by atoms with Crippen LogP contribution in [0.15, 0.2) is 40.5 Å². The van der Waals surface area contributed by atoms with E-state index in [4.69, 9.17) is 14.7 Å². The van der Waals surface area contributed by atoms with Crippen molar-refractivity contribution in [2.45, 2.75) is 68.8 Å². The number of nitrogens with zero attached hydrogens (tertiary/aromatic N) is 2. The van der Waals surface area contributed by atoms with E-state index in [1.807, 2.05) is 18.2 Å². The lowest BCUT2D eigenvalue weighted by Gasteiger charge is -2.33. The van der Waals surface area contributed by atoms with Gasteiger partial charge in [0.25, 0.3) is 0 Å². The Bertz CT molecular complexity index is 1100. The predicted molar refractivity (Wildman–Crippen MR) is 139 cm³/mol. The van der Waals surface area contributed by atoms with Crippen molar-refractivity contribution in [2.75, 3.05) is 18.1 Å². The molecule has 1 amide bonds. The number of benzene rings is 1. The van der Waals surface area contributed by atoms with Gasteiger partial charge in [-0.15, -0.1) is 11.3 Å².